The summed E-state index contributed by atoms with van der Waals surface area (Å²) in [5.41, 5.74) is 1.14. The van der Waals surface area contributed by atoms with E-state index < -0.39 is 0 Å². The van der Waals surface area contributed by atoms with Gasteiger partial charge in [0.2, 0.25) is 0 Å². The molecule has 1 aromatic carbocycles. The van der Waals surface area contributed by atoms with Gasteiger partial charge in [-0.05, 0) is 17.8 Å². The molecule has 0 radical (unpaired) electrons. The van der Waals surface area contributed by atoms with Crippen molar-refractivity contribution in [2.24, 2.45) is 0 Å². The summed E-state index contributed by atoms with van der Waals surface area (Å²) in [6, 6.07) is 9.72. The van der Waals surface area contributed by atoms with Crippen LogP contribution in [0.3, 0.4) is 0 Å². The Kier molecular flexibility index (Phi) is 2.68. The van der Waals surface area contributed by atoms with Gasteiger partial charge in [-0.2, -0.15) is 0 Å². The van der Waals surface area contributed by atoms with Crippen LogP contribution in [-0.2, 0) is 11.2 Å². The monoisotopic (exact) mass is 220 g/mol. The Bertz CT molecular complexity index is 391. The molecule has 0 aliphatic carbocycles. The zero-order valence-electron chi connectivity index (χ0n) is 8.43. The highest BCUT2D eigenvalue weighted by molar-refractivity contribution is 7.80. The summed E-state index contributed by atoms with van der Waals surface area (Å²) in [5, 5.41) is 3.52. The number of rotatable bonds is 2. The van der Waals surface area contributed by atoms with Gasteiger partial charge in [0.1, 0.15) is 6.04 Å². The van der Waals surface area contributed by atoms with E-state index in [1.807, 2.05) is 30.3 Å². The molecule has 78 valence electrons. The molecule has 1 atom stereocenters. The zero-order chi connectivity index (χ0) is 10.8. The third-order valence-electron chi connectivity index (χ3n) is 2.51. The number of amides is 1. The van der Waals surface area contributed by atoms with Crippen LogP contribution >= 0.6 is 12.2 Å². The Morgan fingerprint density at radius 3 is 2.60 bits per heavy atom. The van der Waals surface area contributed by atoms with Gasteiger partial charge >= 0.3 is 0 Å². The molecule has 1 aliphatic rings. The normalized spacial score (nSPS) is 20.6. The first-order valence-electron chi connectivity index (χ1n) is 4.80. The minimum absolute atomic E-state index is 0.0452. The molecule has 0 aromatic heterocycles. The maximum Gasteiger partial charge on any atom is 0.251 e. The van der Waals surface area contributed by atoms with Crippen molar-refractivity contribution in [1.29, 1.82) is 0 Å². The number of carbonyl (C=O) groups is 1. The molecule has 0 saturated carbocycles. The lowest BCUT2D eigenvalue weighted by molar-refractivity contribution is -0.126. The summed E-state index contributed by atoms with van der Waals surface area (Å²) in [5.74, 6) is 0.0452. The van der Waals surface area contributed by atoms with Crippen molar-refractivity contribution in [2.45, 2.75) is 12.5 Å². The second kappa shape index (κ2) is 3.98. The Morgan fingerprint density at radius 2 is 2.07 bits per heavy atom. The number of nitrogens with one attached hydrogen (secondary N) is 1. The first kappa shape index (κ1) is 10.1. The summed E-state index contributed by atoms with van der Waals surface area (Å²) < 4.78 is 0. The minimum Gasteiger partial charge on any atom is -0.350 e. The standard InChI is InChI=1S/C11H12N2OS/c1-13-10(14)9(12-11(13)15)7-8-5-3-2-4-6-8/h2-6,9H,7H2,1H3,(H,12,15)/t9-/m1/s1. The summed E-state index contributed by atoms with van der Waals surface area (Å²) in [4.78, 5) is 13.2. The van der Waals surface area contributed by atoms with Gasteiger partial charge in [0.25, 0.3) is 5.91 Å². The van der Waals surface area contributed by atoms with Crippen LogP contribution in [0.2, 0.25) is 0 Å². The Labute approximate surface area is 94.1 Å². The summed E-state index contributed by atoms with van der Waals surface area (Å²) in [7, 11) is 1.70. The van der Waals surface area contributed by atoms with Gasteiger partial charge in [-0.3, -0.25) is 9.69 Å². The maximum absolute atomic E-state index is 11.7. The molecule has 15 heavy (non-hydrogen) atoms. The van der Waals surface area contributed by atoms with Crippen LogP contribution in [0, 0.1) is 0 Å². The first-order chi connectivity index (χ1) is 7.18. The average molecular weight is 220 g/mol. The van der Waals surface area contributed by atoms with Crippen LogP contribution in [0.1, 0.15) is 5.56 Å². The third kappa shape index (κ3) is 1.99. The predicted octanol–water partition coefficient (Wildman–Crippen LogP) is 0.944. The number of thiocarbonyl (C=S) groups is 1. The van der Waals surface area contributed by atoms with Crippen LogP contribution in [0.4, 0.5) is 0 Å². The van der Waals surface area contributed by atoms with E-state index in [1.54, 1.807) is 7.05 Å². The van der Waals surface area contributed by atoms with E-state index in [-0.39, 0.29) is 11.9 Å². The number of likely N-dealkylation sites (N-methyl/N-ethyl adjacent to an activating group) is 1. The van der Waals surface area contributed by atoms with E-state index in [4.69, 9.17) is 12.2 Å². The van der Waals surface area contributed by atoms with Gasteiger partial charge < -0.3 is 5.32 Å². The summed E-state index contributed by atoms with van der Waals surface area (Å²) >= 11 is 5.01. The highest BCUT2D eigenvalue weighted by Crippen LogP contribution is 2.10. The quantitative estimate of drug-likeness (QED) is 0.753. The average Bonchev–Trinajstić information content (AvgIpc) is 2.48. The molecule has 0 unspecified atom stereocenters. The molecule has 4 heteroatoms. The SMILES string of the molecule is CN1C(=O)[C@@H](Cc2ccccc2)NC1=S. The van der Waals surface area contributed by atoms with E-state index in [0.29, 0.717) is 11.5 Å². The Hall–Kier alpha value is -1.42. The number of benzene rings is 1. The van der Waals surface area contributed by atoms with Crippen LogP contribution < -0.4 is 5.32 Å². The van der Waals surface area contributed by atoms with E-state index in [0.717, 1.165) is 5.56 Å². The molecular weight excluding hydrogens is 208 g/mol. The van der Waals surface area contributed by atoms with Crippen LogP contribution in [-0.4, -0.2) is 29.0 Å². The van der Waals surface area contributed by atoms with Crippen molar-refractivity contribution >= 4 is 23.2 Å². The lowest BCUT2D eigenvalue weighted by atomic mass is 10.1. The predicted molar refractivity (Wildman–Crippen MR) is 62.4 cm³/mol. The molecule has 0 spiro atoms. The maximum atomic E-state index is 11.7. The number of carbonyl (C=O) groups excluding carboxylic acids is 1. The van der Waals surface area contributed by atoms with Crippen molar-refractivity contribution in [3.63, 3.8) is 0 Å². The fourth-order valence-corrected chi connectivity index (χ4v) is 1.86. The van der Waals surface area contributed by atoms with E-state index in [1.165, 1.54) is 4.90 Å². The van der Waals surface area contributed by atoms with Crippen molar-refractivity contribution in [3.05, 3.63) is 35.9 Å². The fraction of sp³-hybridized carbons (Fsp3) is 0.273. The van der Waals surface area contributed by atoms with E-state index in [2.05, 4.69) is 5.32 Å². The smallest absolute Gasteiger partial charge is 0.251 e. The highest BCUT2D eigenvalue weighted by atomic mass is 32.1. The molecule has 1 fully saturated rings. The van der Waals surface area contributed by atoms with Gasteiger partial charge in [0, 0.05) is 13.5 Å². The van der Waals surface area contributed by atoms with E-state index >= 15 is 0 Å². The second-order valence-corrected chi connectivity index (χ2v) is 3.98. The van der Waals surface area contributed by atoms with Gasteiger partial charge in [0.15, 0.2) is 5.11 Å². The molecule has 2 rings (SSSR count). The zero-order valence-corrected chi connectivity index (χ0v) is 9.25. The molecular formula is C11H12N2OS. The molecule has 1 aliphatic heterocycles. The van der Waals surface area contributed by atoms with Crippen LogP contribution in [0.5, 0.6) is 0 Å². The molecule has 1 saturated heterocycles. The Balaban J connectivity index is 2.09. The van der Waals surface area contributed by atoms with Crippen LogP contribution in [0.25, 0.3) is 0 Å². The van der Waals surface area contributed by atoms with Gasteiger partial charge in [-0.15, -0.1) is 0 Å². The minimum atomic E-state index is -0.204. The second-order valence-electron chi connectivity index (χ2n) is 3.59. The molecule has 1 heterocycles. The number of hydrogen-bond donors (Lipinski definition) is 1. The van der Waals surface area contributed by atoms with Crippen molar-refractivity contribution in [3.8, 4) is 0 Å². The topological polar surface area (TPSA) is 32.3 Å². The third-order valence-corrected chi connectivity index (χ3v) is 2.91. The summed E-state index contributed by atoms with van der Waals surface area (Å²) in [6.45, 7) is 0. The summed E-state index contributed by atoms with van der Waals surface area (Å²) in [6.07, 6.45) is 0.685. The molecule has 3 nitrogen and oxygen atoms in total. The lowest BCUT2D eigenvalue weighted by Crippen LogP contribution is -2.31. The molecule has 1 N–H and O–H groups in total. The lowest BCUT2D eigenvalue weighted by Gasteiger charge is -2.07. The van der Waals surface area contributed by atoms with Gasteiger partial charge in [-0.1, -0.05) is 30.3 Å². The largest absolute Gasteiger partial charge is 0.350 e. The van der Waals surface area contributed by atoms with Crippen LogP contribution in [0.15, 0.2) is 30.3 Å². The van der Waals surface area contributed by atoms with Gasteiger partial charge in [-0.25, -0.2) is 0 Å². The van der Waals surface area contributed by atoms with Crippen molar-refractivity contribution in [2.75, 3.05) is 7.05 Å². The Morgan fingerprint density at radius 1 is 1.40 bits per heavy atom. The van der Waals surface area contributed by atoms with Crippen molar-refractivity contribution < 1.29 is 4.79 Å². The van der Waals surface area contributed by atoms with Crippen molar-refractivity contribution in [1.82, 2.24) is 10.2 Å². The van der Waals surface area contributed by atoms with Gasteiger partial charge in [0.05, 0.1) is 0 Å². The molecule has 1 aromatic rings. The fourth-order valence-electron chi connectivity index (χ4n) is 1.63. The number of hydrogen-bond acceptors (Lipinski definition) is 2. The highest BCUT2D eigenvalue weighted by Gasteiger charge is 2.32. The first-order valence-corrected chi connectivity index (χ1v) is 5.21. The molecule has 1 amide bonds. The molecule has 0 bridgehead atoms. The number of nitrogens with zero attached hydrogens (tertiary/aromatic N) is 1. The van der Waals surface area contributed by atoms with E-state index in [9.17, 15) is 4.79 Å².